The molecule has 0 saturated carbocycles. The van der Waals surface area contributed by atoms with E-state index in [1.807, 2.05) is 0 Å². The maximum absolute atomic E-state index is 9.85. The summed E-state index contributed by atoms with van der Waals surface area (Å²) in [6.45, 7) is 3.15. The molecule has 0 bridgehead atoms. The third-order valence-electron chi connectivity index (χ3n) is 0.367. The Hall–Kier alpha value is 1.49. The molecule has 0 rings (SSSR count). The monoisotopic (exact) mass is 345 g/mol. The van der Waals surface area contributed by atoms with E-state index in [0.29, 0.717) is 0 Å². The zero-order valence-corrected chi connectivity index (χ0v) is 13.9. The van der Waals surface area contributed by atoms with Crippen LogP contribution >= 0.6 is 7.60 Å². The van der Waals surface area contributed by atoms with Gasteiger partial charge in [-0.05, 0) is 0 Å². The SMILES string of the molecule is C=CCP(=O)(O)O.[Fr]. The molecule has 0 aromatic carbocycles. The molecule has 3 nitrogen and oxygen atoms in total. The number of rotatable bonds is 2. The second-order valence-corrected chi connectivity index (χ2v) is 2.83. The number of hydrogen-bond donors (Lipinski definition) is 2. The fourth-order valence-electron chi connectivity index (χ4n) is 0.168. The summed E-state index contributed by atoms with van der Waals surface area (Å²) in [5.41, 5.74) is 0. The fraction of sp³-hybridized carbons (Fsp3) is 0.333. The van der Waals surface area contributed by atoms with Gasteiger partial charge in [-0.15, -0.1) is 6.58 Å². The van der Waals surface area contributed by atoms with Crippen LogP contribution in [-0.4, -0.2) is 15.9 Å². The van der Waals surface area contributed by atoms with Gasteiger partial charge in [-0.3, -0.25) is 4.57 Å². The molecule has 43 valence electrons. The molecule has 0 aromatic rings. The van der Waals surface area contributed by atoms with E-state index in [4.69, 9.17) is 9.79 Å². The van der Waals surface area contributed by atoms with Crippen LogP contribution in [0, 0.1) is 49.9 Å². The Kier molecular flexibility index (Phi) is 8.06. The van der Waals surface area contributed by atoms with E-state index in [1.54, 1.807) is 0 Å². The first-order chi connectivity index (χ1) is 3.06. The molecule has 0 atom stereocenters. The van der Waals surface area contributed by atoms with Gasteiger partial charge in [-0.25, -0.2) is 0 Å². The van der Waals surface area contributed by atoms with Gasteiger partial charge in [-0.2, -0.15) is 0 Å². The molecule has 0 aliphatic heterocycles. The summed E-state index contributed by atoms with van der Waals surface area (Å²) < 4.78 is 9.85. The molecule has 2 N–H and O–H groups in total. The van der Waals surface area contributed by atoms with Crippen molar-refractivity contribution in [3.63, 3.8) is 0 Å². The van der Waals surface area contributed by atoms with E-state index in [2.05, 4.69) is 6.58 Å². The predicted molar refractivity (Wildman–Crippen MR) is 27.1 cm³/mol. The summed E-state index contributed by atoms with van der Waals surface area (Å²) in [4.78, 5) is 16.1. The van der Waals surface area contributed by atoms with Crippen LogP contribution in [0.15, 0.2) is 12.7 Å². The topological polar surface area (TPSA) is 57.5 Å². The molecular weight excluding hydrogens is 338 g/mol. The van der Waals surface area contributed by atoms with Gasteiger partial charge < -0.3 is 9.79 Å². The average molecular weight is 345 g/mol. The summed E-state index contributed by atoms with van der Waals surface area (Å²) in [6.07, 6.45) is 0.966. The summed E-state index contributed by atoms with van der Waals surface area (Å²) >= 11 is 0. The van der Waals surface area contributed by atoms with Gasteiger partial charge in [0.25, 0.3) is 0 Å². The van der Waals surface area contributed by atoms with Crippen molar-refractivity contribution in [1.29, 1.82) is 0 Å². The van der Waals surface area contributed by atoms with Crippen molar-refractivity contribution in [1.82, 2.24) is 0 Å². The normalized spacial score (nSPS) is 9.75. The van der Waals surface area contributed by atoms with Crippen molar-refractivity contribution >= 4 is 7.60 Å². The Morgan fingerprint density at radius 3 is 2.00 bits per heavy atom. The molecule has 0 aromatic heterocycles. The Morgan fingerprint density at radius 1 is 1.62 bits per heavy atom. The Bertz CT molecular complexity index is 107. The molecule has 8 heavy (non-hydrogen) atoms. The maximum Gasteiger partial charge on any atom is 0.329 e. The van der Waals surface area contributed by atoms with Crippen LogP contribution in [0.1, 0.15) is 0 Å². The molecule has 0 aliphatic carbocycles. The van der Waals surface area contributed by atoms with E-state index >= 15 is 0 Å². The van der Waals surface area contributed by atoms with Gasteiger partial charge in [0.15, 0.2) is 0 Å². The third-order valence-corrected chi connectivity index (χ3v) is 1.10. The van der Waals surface area contributed by atoms with Crippen LogP contribution in [0.4, 0.5) is 0 Å². The van der Waals surface area contributed by atoms with Crippen molar-refractivity contribution < 1.29 is 64.2 Å². The van der Waals surface area contributed by atoms with Crippen molar-refractivity contribution in [2.24, 2.45) is 0 Å². The van der Waals surface area contributed by atoms with Crippen molar-refractivity contribution in [3.05, 3.63) is 12.7 Å². The van der Waals surface area contributed by atoms with Crippen molar-refractivity contribution in [3.8, 4) is 0 Å². The number of hydrogen-bond acceptors (Lipinski definition) is 1. The predicted octanol–water partition coefficient (Wildman–Crippen LogP) is 0.350. The van der Waals surface area contributed by atoms with E-state index in [-0.39, 0.29) is 56.0 Å². The van der Waals surface area contributed by atoms with Crippen LogP contribution in [0.5, 0.6) is 0 Å². The minimum absolute atomic E-state index is 0. The van der Waals surface area contributed by atoms with E-state index < -0.39 is 7.60 Å². The first-order valence-corrected chi connectivity index (χ1v) is 3.51. The third kappa shape index (κ3) is 10.5. The van der Waals surface area contributed by atoms with Crippen molar-refractivity contribution in [2.75, 3.05) is 6.16 Å². The average Bonchev–Trinajstić information content (AvgIpc) is 1.30. The molecule has 0 amide bonds. The Balaban J connectivity index is 0. The smallest absolute Gasteiger partial charge is 0.324 e. The van der Waals surface area contributed by atoms with E-state index in [9.17, 15) is 4.57 Å². The van der Waals surface area contributed by atoms with Crippen LogP contribution in [-0.2, 0) is 4.57 Å². The Morgan fingerprint density at radius 2 is 2.00 bits per heavy atom. The molecule has 0 spiro atoms. The molecular formula is C3H7FrO3P. The van der Waals surface area contributed by atoms with Gasteiger partial charge in [0.2, 0.25) is 0 Å². The fourth-order valence-corrected chi connectivity index (χ4v) is 0.505. The zero-order chi connectivity index (χ0) is 5.91. The zero-order valence-electron chi connectivity index (χ0n) is 4.74. The first kappa shape index (κ1) is 12.2. The van der Waals surface area contributed by atoms with Gasteiger partial charge in [-0.1, -0.05) is 6.08 Å². The van der Waals surface area contributed by atoms with Crippen molar-refractivity contribution in [2.45, 2.75) is 0 Å². The summed E-state index contributed by atoms with van der Waals surface area (Å²) in [7, 11) is -3.78. The van der Waals surface area contributed by atoms with Crippen LogP contribution in [0.25, 0.3) is 0 Å². The quantitative estimate of drug-likeness (QED) is 0.561. The summed E-state index contributed by atoms with van der Waals surface area (Å²) in [5, 5.41) is 0. The minimum Gasteiger partial charge on any atom is -0.324 e. The standard InChI is InChI=1S/C3H7O3P.Fr/c1-2-3-7(4,5)6;/h2H,1,3H2,(H2,4,5,6);. The van der Waals surface area contributed by atoms with E-state index in [0.717, 1.165) is 0 Å². The van der Waals surface area contributed by atoms with Gasteiger partial charge in [0, 0.05) is 49.9 Å². The number of allylic oxidation sites excluding steroid dienone is 1. The largest absolute Gasteiger partial charge is 0.329 e. The molecule has 0 heterocycles. The first-order valence-electron chi connectivity index (χ1n) is 1.72. The summed E-state index contributed by atoms with van der Waals surface area (Å²) in [6, 6.07) is 0. The second-order valence-electron chi connectivity index (χ2n) is 1.14. The molecule has 0 unspecified atom stereocenters. The van der Waals surface area contributed by atoms with Crippen LogP contribution in [0.2, 0.25) is 0 Å². The molecule has 0 aliphatic rings. The molecule has 0 fully saturated rings. The van der Waals surface area contributed by atoms with Crippen LogP contribution < -0.4 is 0 Å². The van der Waals surface area contributed by atoms with E-state index in [1.165, 1.54) is 6.08 Å². The van der Waals surface area contributed by atoms with Gasteiger partial charge in [0.05, 0.1) is 6.16 Å². The Labute approximate surface area is 89.3 Å². The maximum atomic E-state index is 9.85. The molecule has 1 radical (unpaired) electrons. The van der Waals surface area contributed by atoms with Gasteiger partial charge in [0.1, 0.15) is 0 Å². The van der Waals surface area contributed by atoms with Gasteiger partial charge >= 0.3 is 7.60 Å². The molecule has 5 heteroatoms. The summed E-state index contributed by atoms with van der Waals surface area (Å²) in [5.74, 6) is 0. The second kappa shape index (κ2) is 5.29. The van der Waals surface area contributed by atoms with Crippen LogP contribution in [0.3, 0.4) is 0 Å². The minimum atomic E-state index is -3.78. The molecule has 0 saturated heterocycles.